The molecule has 0 saturated heterocycles. The molecule has 122 valence electrons. The summed E-state index contributed by atoms with van der Waals surface area (Å²) in [5.41, 5.74) is 1.31. The normalized spacial score (nSPS) is 13.0. The fourth-order valence-electron chi connectivity index (χ4n) is 2.80. The molecule has 2 heterocycles. The maximum Gasteiger partial charge on any atom is 0.234 e. The summed E-state index contributed by atoms with van der Waals surface area (Å²) < 4.78 is 1.92. The zero-order chi connectivity index (χ0) is 16.2. The van der Waals surface area contributed by atoms with Crippen LogP contribution in [0, 0.1) is 0 Å². The lowest BCUT2D eigenvalue weighted by molar-refractivity contribution is 0.286. The largest absolute Gasteiger partial charge is 0.296 e. The molecule has 0 bridgehead atoms. The van der Waals surface area contributed by atoms with E-state index in [-0.39, 0.29) is 0 Å². The van der Waals surface area contributed by atoms with Gasteiger partial charge in [-0.05, 0) is 25.1 Å². The van der Waals surface area contributed by atoms with E-state index in [0.717, 1.165) is 41.8 Å². The van der Waals surface area contributed by atoms with E-state index < -0.39 is 0 Å². The van der Waals surface area contributed by atoms with Gasteiger partial charge in [0.1, 0.15) is 5.01 Å². The van der Waals surface area contributed by atoms with Gasteiger partial charge in [-0.25, -0.2) is 0 Å². The molecule has 5 nitrogen and oxygen atoms in total. The minimum Gasteiger partial charge on any atom is -0.296 e. The molecule has 1 aromatic carbocycles. The number of nitrogens with zero attached hydrogens (tertiary/aromatic N) is 5. The van der Waals surface area contributed by atoms with Crippen LogP contribution in [0.2, 0.25) is 0 Å². The Morgan fingerprint density at radius 1 is 1.09 bits per heavy atom. The van der Waals surface area contributed by atoms with Crippen molar-refractivity contribution in [3.05, 3.63) is 46.7 Å². The van der Waals surface area contributed by atoms with E-state index in [0.29, 0.717) is 5.92 Å². The Labute approximate surface area is 141 Å². The molecule has 0 aliphatic rings. The third-order valence-electron chi connectivity index (χ3n) is 4.24. The first-order chi connectivity index (χ1) is 11.3. The lowest BCUT2D eigenvalue weighted by atomic mass is 9.97. The van der Waals surface area contributed by atoms with E-state index >= 15 is 0 Å². The molecule has 3 aromatic rings. The van der Waals surface area contributed by atoms with Crippen LogP contribution in [0.5, 0.6) is 0 Å². The predicted octanol–water partition coefficient (Wildman–Crippen LogP) is 3.57. The molecule has 0 radical (unpaired) electrons. The summed E-state index contributed by atoms with van der Waals surface area (Å²) in [5.74, 6) is 1.25. The van der Waals surface area contributed by atoms with Crippen molar-refractivity contribution < 1.29 is 0 Å². The zero-order valence-electron chi connectivity index (χ0n) is 13.9. The molecule has 6 heteroatoms. The second-order valence-electron chi connectivity index (χ2n) is 5.58. The van der Waals surface area contributed by atoms with Gasteiger partial charge in [-0.3, -0.25) is 4.90 Å². The first-order valence-corrected chi connectivity index (χ1v) is 9.06. The fourth-order valence-corrected chi connectivity index (χ4v) is 3.87. The van der Waals surface area contributed by atoms with Crippen molar-refractivity contribution in [1.29, 1.82) is 0 Å². The lowest BCUT2D eigenvalue weighted by Gasteiger charge is -2.15. The van der Waals surface area contributed by atoms with Crippen LogP contribution in [0.3, 0.4) is 0 Å². The summed E-state index contributed by atoms with van der Waals surface area (Å²) in [6.45, 7) is 9.33. The molecule has 23 heavy (non-hydrogen) atoms. The standard InChI is InChI=1S/C17H23N5S/c1-4-14(13-10-8-7-9-11-13)16-20-22-15(12-21(5-2)6-3)18-19-17(22)23-16/h7-11,14H,4-6,12H2,1-3H3. The fraction of sp³-hybridized carbons (Fsp3) is 0.471. The van der Waals surface area contributed by atoms with Crippen molar-refractivity contribution in [2.75, 3.05) is 13.1 Å². The molecule has 2 aromatic heterocycles. The minimum atomic E-state index is 0.323. The lowest BCUT2D eigenvalue weighted by Crippen LogP contribution is -2.23. The smallest absolute Gasteiger partial charge is 0.234 e. The van der Waals surface area contributed by atoms with Crippen molar-refractivity contribution in [3.63, 3.8) is 0 Å². The Bertz CT molecular complexity index is 745. The third kappa shape index (κ3) is 3.28. The van der Waals surface area contributed by atoms with E-state index in [1.807, 2.05) is 4.52 Å². The van der Waals surface area contributed by atoms with Gasteiger partial charge in [-0.2, -0.15) is 9.61 Å². The number of hydrogen-bond acceptors (Lipinski definition) is 5. The molecule has 0 aliphatic carbocycles. The molecule has 0 N–H and O–H groups in total. The average molecular weight is 329 g/mol. The van der Waals surface area contributed by atoms with Crippen LogP contribution >= 0.6 is 11.3 Å². The van der Waals surface area contributed by atoms with Gasteiger partial charge in [0.25, 0.3) is 0 Å². The number of benzene rings is 1. The topological polar surface area (TPSA) is 46.3 Å². The van der Waals surface area contributed by atoms with Gasteiger partial charge in [0, 0.05) is 5.92 Å². The Morgan fingerprint density at radius 3 is 2.48 bits per heavy atom. The monoisotopic (exact) mass is 329 g/mol. The quantitative estimate of drug-likeness (QED) is 0.665. The molecular weight excluding hydrogens is 306 g/mol. The second kappa shape index (κ2) is 7.19. The van der Waals surface area contributed by atoms with E-state index in [1.165, 1.54) is 5.56 Å². The van der Waals surface area contributed by atoms with Gasteiger partial charge in [0.05, 0.1) is 6.54 Å². The third-order valence-corrected chi connectivity index (χ3v) is 5.25. The maximum atomic E-state index is 4.83. The van der Waals surface area contributed by atoms with Crippen LogP contribution in [0.15, 0.2) is 30.3 Å². The Morgan fingerprint density at radius 2 is 1.83 bits per heavy atom. The molecule has 1 atom stereocenters. The summed E-state index contributed by atoms with van der Waals surface area (Å²) in [4.78, 5) is 3.21. The Balaban J connectivity index is 1.92. The van der Waals surface area contributed by atoms with Crippen LogP contribution in [0.1, 0.15) is 49.5 Å². The number of aromatic nitrogens is 4. The van der Waals surface area contributed by atoms with Crippen LogP contribution in [0.25, 0.3) is 4.96 Å². The van der Waals surface area contributed by atoms with Crippen molar-refractivity contribution >= 4 is 16.3 Å². The van der Waals surface area contributed by atoms with Gasteiger partial charge in [0.15, 0.2) is 5.82 Å². The summed E-state index contributed by atoms with van der Waals surface area (Å²) >= 11 is 1.65. The SMILES string of the molecule is CCC(c1ccccc1)c1nn2c(CN(CC)CC)nnc2s1. The highest BCUT2D eigenvalue weighted by molar-refractivity contribution is 7.16. The average Bonchev–Trinajstić information content (AvgIpc) is 3.16. The molecule has 1 unspecified atom stereocenters. The summed E-state index contributed by atoms with van der Waals surface area (Å²) in [5, 5.41) is 14.6. The van der Waals surface area contributed by atoms with Crippen LogP contribution in [-0.4, -0.2) is 37.8 Å². The zero-order valence-corrected chi connectivity index (χ0v) is 14.8. The second-order valence-corrected chi connectivity index (χ2v) is 6.57. The van der Waals surface area contributed by atoms with E-state index in [1.54, 1.807) is 11.3 Å². The van der Waals surface area contributed by atoms with Crippen LogP contribution < -0.4 is 0 Å². The van der Waals surface area contributed by atoms with Crippen molar-refractivity contribution in [2.24, 2.45) is 0 Å². The number of rotatable bonds is 7. The molecule has 0 fully saturated rings. The highest BCUT2D eigenvalue weighted by atomic mass is 32.1. The van der Waals surface area contributed by atoms with Gasteiger partial charge in [-0.1, -0.05) is 62.4 Å². The maximum absolute atomic E-state index is 4.83. The van der Waals surface area contributed by atoms with Crippen molar-refractivity contribution in [3.8, 4) is 0 Å². The van der Waals surface area contributed by atoms with Gasteiger partial charge >= 0.3 is 0 Å². The van der Waals surface area contributed by atoms with E-state index in [9.17, 15) is 0 Å². The molecule has 0 amide bonds. The highest BCUT2D eigenvalue weighted by Crippen LogP contribution is 2.31. The molecular formula is C17H23N5S. The molecule has 0 saturated carbocycles. The van der Waals surface area contributed by atoms with Gasteiger partial charge in [0.2, 0.25) is 4.96 Å². The van der Waals surface area contributed by atoms with Crippen LogP contribution in [-0.2, 0) is 6.54 Å². The van der Waals surface area contributed by atoms with Crippen molar-refractivity contribution in [2.45, 2.75) is 39.7 Å². The van der Waals surface area contributed by atoms with Crippen LogP contribution in [0.4, 0.5) is 0 Å². The van der Waals surface area contributed by atoms with E-state index in [4.69, 9.17) is 5.10 Å². The van der Waals surface area contributed by atoms with Gasteiger partial charge in [-0.15, -0.1) is 10.2 Å². The van der Waals surface area contributed by atoms with E-state index in [2.05, 4.69) is 66.2 Å². The number of fused-ring (bicyclic) bond motifs is 1. The van der Waals surface area contributed by atoms with Crippen molar-refractivity contribution in [1.82, 2.24) is 24.7 Å². The Hall–Kier alpha value is -1.79. The summed E-state index contributed by atoms with van der Waals surface area (Å²) in [7, 11) is 0. The Kier molecular flexibility index (Phi) is 5.03. The highest BCUT2D eigenvalue weighted by Gasteiger charge is 2.20. The van der Waals surface area contributed by atoms with Gasteiger partial charge < -0.3 is 0 Å². The summed E-state index contributed by atoms with van der Waals surface area (Å²) in [6.07, 6.45) is 1.03. The summed E-state index contributed by atoms with van der Waals surface area (Å²) in [6, 6.07) is 10.6. The predicted molar refractivity (Wildman–Crippen MR) is 93.9 cm³/mol. The first-order valence-electron chi connectivity index (χ1n) is 8.25. The molecule has 0 aliphatic heterocycles. The molecule has 3 rings (SSSR count). The minimum absolute atomic E-state index is 0.323. The number of hydrogen-bond donors (Lipinski definition) is 0. The molecule has 0 spiro atoms. The first kappa shape index (κ1) is 16.1.